The highest BCUT2D eigenvalue weighted by Crippen LogP contribution is 2.28. The largest absolute Gasteiger partial charge is 0.493 e. The summed E-state index contributed by atoms with van der Waals surface area (Å²) in [5.41, 5.74) is 0.328. The maximum Gasteiger partial charge on any atom is 0.337 e. The summed E-state index contributed by atoms with van der Waals surface area (Å²) in [6.07, 6.45) is 1.17. The summed E-state index contributed by atoms with van der Waals surface area (Å²) in [5.74, 6) is -0.305. The zero-order valence-corrected chi connectivity index (χ0v) is 15.9. The molecule has 0 N–H and O–H groups in total. The Hall–Kier alpha value is -2.77. The van der Waals surface area contributed by atoms with E-state index in [9.17, 15) is 14.4 Å². The van der Waals surface area contributed by atoms with Crippen molar-refractivity contribution in [2.24, 2.45) is 5.92 Å². The van der Waals surface area contributed by atoms with Crippen molar-refractivity contribution in [1.29, 1.82) is 0 Å². The highest BCUT2D eigenvalue weighted by molar-refractivity contribution is 5.90. The Balaban J connectivity index is 1.89. The van der Waals surface area contributed by atoms with E-state index in [4.69, 9.17) is 14.2 Å². The van der Waals surface area contributed by atoms with Gasteiger partial charge in [-0.25, -0.2) is 4.79 Å². The minimum atomic E-state index is -0.486. The average Bonchev–Trinajstić information content (AvgIpc) is 2.71. The Kier molecular flexibility index (Phi) is 7.45. The van der Waals surface area contributed by atoms with Crippen molar-refractivity contribution in [3.8, 4) is 11.5 Å². The topological polar surface area (TPSA) is 91.4 Å². The first kappa shape index (κ1) is 20.5. The van der Waals surface area contributed by atoms with E-state index in [2.05, 4.69) is 4.74 Å². The second-order valence-electron chi connectivity index (χ2n) is 6.05. The molecular weight excluding hydrogens is 354 g/mol. The van der Waals surface area contributed by atoms with Gasteiger partial charge in [0.2, 0.25) is 0 Å². The molecule has 0 saturated carbocycles. The first-order valence-corrected chi connectivity index (χ1v) is 8.83. The number of amides is 1. The van der Waals surface area contributed by atoms with Gasteiger partial charge in [-0.15, -0.1) is 0 Å². The molecule has 8 nitrogen and oxygen atoms in total. The second kappa shape index (κ2) is 9.80. The van der Waals surface area contributed by atoms with Crippen LogP contribution >= 0.6 is 0 Å². The maximum absolute atomic E-state index is 12.4. The number of benzene rings is 1. The minimum Gasteiger partial charge on any atom is -0.493 e. The summed E-state index contributed by atoms with van der Waals surface area (Å²) in [5, 5.41) is 0. The van der Waals surface area contributed by atoms with Crippen LogP contribution in [0.4, 0.5) is 0 Å². The molecule has 1 aromatic carbocycles. The summed E-state index contributed by atoms with van der Waals surface area (Å²) in [7, 11) is 2.74. The lowest BCUT2D eigenvalue weighted by molar-refractivity contribution is -0.151. The molecule has 1 aromatic rings. The Bertz CT molecular complexity index is 681. The van der Waals surface area contributed by atoms with Crippen LogP contribution in [0.5, 0.6) is 11.5 Å². The van der Waals surface area contributed by atoms with Crippen LogP contribution < -0.4 is 9.47 Å². The Morgan fingerprint density at radius 2 is 1.81 bits per heavy atom. The third-order valence-electron chi connectivity index (χ3n) is 4.40. The van der Waals surface area contributed by atoms with Gasteiger partial charge in [-0.05, 0) is 38.0 Å². The molecule has 2 rings (SSSR count). The second-order valence-corrected chi connectivity index (χ2v) is 6.05. The third kappa shape index (κ3) is 5.35. The van der Waals surface area contributed by atoms with Crippen LogP contribution in [0.2, 0.25) is 0 Å². The number of rotatable bonds is 7. The maximum atomic E-state index is 12.4. The van der Waals surface area contributed by atoms with Gasteiger partial charge in [0, 0.05) is 13.1 Å². The molecule has 0 atom stereocenters. The number of nitrogens with zero attached hydrogens (tertiary/aromatic N) is 1. The van der Waals surface area contributed by atoms with E-state index < -0.39 is 5.97 Å². The van der Waals surface area contributed by atoms with Crippen molar-refractivity contribution in [2.75, 3.05) is 40.5 Å². The fourth-order valence-electron chi connectivity index (χ4n) is 2.89. The number of likely N-dealkylation sites (tertiary alicyclic amines) is 1. The van der Waals surface area contributed by atoms with Gasteiger partial charge in [0.05, 0.1) is 32.3 Å². The van der Waals surface area contributed by atoms with Gasteiger partial charge in [0.25, 0.3) is 5.91 Å². The lowest BCUT2D eigenvalue weighted by atomic mass is 9.97. The van der Waals surface area contributed by atoms with E-state index in [1.54, 1.807) is 24.0 Å². The van der Waals surface area contributed by atoms with Crippen molar-refractivity contribution in [3.05, 3.63) is 23.8 Å². The van der Waals surface area contributed by atoms with Crippen LogP contribution in [0.25, 0.3) is 0 Å². The summed E-state index contributed by atoms with van der Waals surface area (Å²) < 4.78 is 20.5. The number of piperidine rings is 1. The first-order chi connectivity index (χ1) is 13.0. The lowest BCUT2D eigenvalue weighted by Crippen LogP contribution is -2.42. The van der Waals surface area contributed by atoms with Crippen LogP contribution in [0, 0.1) is 5.92 Å². The number of carbonyl (C=O) groups excluding carboxylic acids is 3. The SMILES string of the molecule is CCOC(=O)C1CCN(C(=O)COc2ccc(C(=O)OC)cc2OC)CC1. The normalized spacial score (nSPS) is 14.4. The van der Waals surface area contributed by atoms with Crippen LogP contribution in [-0.2, 0) is 19.1 Å². The number of carbonyl (C=O) groups is 3. The average molecular weight is 379 g/mol. The van der Waals surface area contributed by atoms with E-state index in [1.807, 2.05) is 0 Å². The molecule has 1 saturated heterocycles. The number of hydrogen-bond acceptors (Lipinski definition) is 7. The number of esters is 2. The first-order valence-electron chi connectivity index (χ1n) is 8.83. The molecule has 1 aliphatic rings. The third-order valence-corrected chi connectivity index (χ3v) is 4.40. The molecule has 0 radical (unpaired) electrons. The van der Waals surface area contributed by atoms with Crippen LogP contribution in [0.15, 0.2) is 18.2 Å². The predicted molar refractivity (Wildman–Crippen MR) is 95.8 cm³/mol. The molecule has 148 valence electrons. The fraction of sp³-hybridized carbons (Fsp3) is 0.526. The predicted octanol–water partition coefficient (Wildman–Crippen LogP) is 1.66. The van der Waals surface area contributed by atoms with Crippen LogP contribution in [-0.4, -0.2) is 63.3 Å². The van der Waals surface area contributed by atoms with Crippen molar-refractivity contribution in [2.45, 2.75) is 19.8 Å². The van der Waals surface area contributed by atoms with E-state index in [0.717, 1.165) is 0 Å². The Morgan fingerprint density at radius 3 is 2.41 bits per heavy atom. The Labute approximate surface area is 158 Å². The zero-order valence-electron chi connectivity index (χ0n) is 15.9. The van der Waals surface area contributed by atoms with Gasteiger partial charge < -0.3 is 23.8 Å². The van der Waals surface area contributed by atoms with Gasteiger partial charge in [-0.3, -0.25) is 9.59 Å². The molecule has 0 spiro atoms. The quantitative estimate of drug-likeness (QED) is 0.666. The van der Waals surface area contributed by atoms with Crippen molar-refractivity contribution >= 4 is 17.8 Å². The standard InChI is InChI=1S/C19H25NO7/c1-4-26-19(23)13-7-9-20(10-8-13)17(21)12-27-15-6-5-14(18(22)25-3)11-16(15)24-2/h5-6,11,13H,4,7-10,12H2,1-3H3. The van der Waals surface area contributed by atoms with E-state index in [-0.39, 0.29) is 24.4 Å². The molecule has 27 heavy (non-hydrogen) atoms. The molecule has 0 unspecified atom stereocenters. The molecule has 1 fully saturated rings. The van der Waals surface area contributed by atoms with E-state index >= 15 is 0 Å². The van der Waals surface area contributed by atoms with Crippen LogP contribution in [0.1, 0.15) is 30.1 Å². The molecular formula is C19H25NO7. The van der Waals surface area contributed by atoms with Gasteiger partial charge in [0.1, 0.15) is 0 Å². The Morgan fingerprint density at radius 1 is 1.11 bits per heavy atom. The van der Waals surface area contributed by atoms with Gasteiger partial charge in [0.15, 0.2) is 18.1 Å². The highest BCUT2D eigenvalue weighted by Gasteiger charge is 2.28. The molecule has 1 amide bonds. The molecule has 8 heteroatoms. The van der Waals surface area contributed by atoms with Crippen molar-refractivity contribution < 1.29 is 33.3 Å². The molecule has 1 heterocycles. The van der Waals surface area contributed by atoms with Crippen molar-refractivity contribution in [3.63, 3.8) is 0 Å². The van der Waals surface area contributed by atoms with Gasteiger partial charge in [-0.2, -0.15) is 0 Å². The van der Waals surface area contributed by atoms with E-state index in [1.165, 1.54) is 20.3 Å². The van der Waals surface area contributed by atoms with Gasteiger partial charge >= 0.3 is 11.9 Å². The minimum absolute atomic E-state index is 0.152. The fourth-order valence-corrected chi connectivity index (χ4v) is 2.89. The number of ether oxygens (including phenoxy) is 4. The smallest absolute Gasteiger partial charge is 0.337 e. The lowest BCUT2D eigenvalue weighted by Gasteiger charge is -2.30. The number of methoxy groups -OCH3 is 2. The highest BCUT2D eigenvalue weighted by atomic mass is 16.5. The summed E-state index contributed by atoms with van der Waals surface area (Å²) >= 11 is 0. The summed E-state index contributed by atoms with van der Waals surface area (Å²) in [6, 6.07) is 4.60. The molecule has 0 bridgehead atoms. The van der Waals surface area contributed by atoms with E-state index in [0.29, 0.717) is 49.6 Å². The number of hydrogen-bond donors (Lipinski definition) is 0. The van der Waals surface area contributed by atoms with Gasteiger partial charge in [-0.1, -0.05) is 0 Å². The zero-order chi connectivity index (χ0) is 19.8. The monoisotopic (exact) mass is 379 g/mol. The molecule has 1 aliphatic heterocycles. The summed E-state index contributed by atoms with van der Waals surface area (Å²) in [6.45, 7) is 2.97. The van der Waals surface area contributed by atoms with Crippen LogP contribution in [0.3, 0.4) is 0 Å². The van der Waals surface area contributed by atoms with Crippen molar-refractivity contribution in [1.82, 2.24) is 4.90 Å². The summed E-state index contributed by atoms with van der Waals surface area (Å²) in [4.78, 5) is 37.4. The molecule has 0 aliphatic carbocycles. The molecule has 0 aromatic heterocycles.